The van der Waals surface area contributed by atoms with Crippen molar-refractivity contribution >= 4 is 39.1 Å². The normalized spacial score (nSPS) is 12.2. The predicted octanol–water partition coefficient (Wildman–Crippen LogP) is 4.23. The molecule has 0 saturated carbocycles. The zero-order valence-electron chi connectivity index (χ0n) is 9.82. The highest BCUT2D eigenvalue weighted by Gasteiger charge is 2.15. The maximum absolute atomic E-state index is 6.12. The van der Waals surface area contributed by atoms with Crippen LogP contribution in [0.5, 0.6) is 5.75 Å². The Morgan fingerprint density at radius 2 is 2.11 bits per heavy atom. The molecule has 1 unspecified atom stereocenters. The molecule has 0 fully saturated rings. The van der Waals surface area contributed by atoms with Gasteiger partial charge in [-0.25, -0.2) is 0 Å². The predicted molar refractivity (Wildman–Crippen MR) is 80.8 cm³/mol. The van der Waals surface area contributed by atoms with Crippen LogP contribution in [0.4, 0.5) is 0 Å². The molecule has 0 amide bonds. The first kappa shape index (κ1) is 14.6. The van der Waals surface area contributed by atoms with Gasteiger partial charge in [-0.15, -0.1) is 0 Å². The minimum atomic E-state index is -0.316. The van der Waals surface area contributed by atoms with E-state index in [0.29, 0.717) is 22.3 Å². The number of hydrogen-bond donors (Lipinski definition) is 1. The average molecular weight is 362 g/mol. The van der Waals surface area contributed by atoms with Gasteiger partial charge >= 0.3 is 0 Å². The van der Waals surface area contributed by atoms with Crippen molar-refractivity contribution in [1.82, 2.24) is 4.98 Å². The first-order chi connectivity index (χ1) is 9.11. The fourth-order valence-electron chi connectivity index (χ4n) is 1.57. The molecular formula is C13H11BrCl2N2O. The largest absolute Gasteiger partial charge is 0.483 e. The molecule has 0 radical (unpaired) electrons. The lowest BCUT2D eigenvalue weighted by Crippen LogP contribution is -2.18. The molecule has 2 rings (SSSR count). The van der Waals surface area contributed by atoms with Crippen LogP contribution in [0.15, 0.2) is 41.1 Å². The number of benzene rings is 1. The molecule has 19 heavy (non-hydrogen) atoms. The molecule has 0 aliphatic heterocycles. The van der Waals surface area contributed by atoms with Gasteiger partial charge in [-0.2, -0.15) is 0 Å². The van der Waals surface area contributed by atoms with Crippen LogP contribution in [-0.4, -0.2) is 11.5 Å². The van der Waals surface area contributed by atoms with Crippen molar-refractivity contribution in [2.24, 2.45) is 5.73 Å². The number of aromatic nitrogens is 1. The Morgan fingerprint density at radius 1 is 1.32 bits per heavy atom. The topological polar surface area (TPSA) is 48.1 Å². The van der Waals surface area contributed by atoms with Crippen molar-refractivity contribution in [2.75, 3.05) is 6.54 Å². The molecule has 0 aliphatic carbocycles. The average Bonchev–Trinajstić information content (AvgIpc) is 2.42. The van der Waals surface area contributed by atoms with Crippen LogP contribution in [0.25, 0.3) is 0 Å². The number of ether oxygens (including phenoxy) is 1. The Hall–Kier alpha value is -0.810. The maximum atomic E-state index is 6.12. The summed E-state index contributed by atoms with van der Waals surface area (Å²) in [5, 5.41) is 1.000. The van der Waals surface area contributed by atoms with Crippen LogP contribution >= 0.6 is 39.1 Å². The van der Waals surface area contributed by atoms with Gasteiger partial charge in [0.2, 0.25) is 0 Å². The van der Waals surface area contributed by atoms with Crippen LogP contribution in [-0.2, 0) is 0 Å². The van der Waals surface area contributed by atoms with Gasteiger partial charge in [-0.05, 0) is 28.1 Å². The minimum absolute atomic E-state index is 0.315. The van der Waals surface area contributed by atoms with Gasteiger partial charge in [0, 0.05) is 35.0 Å². The second kappa shape index (κ2) is 6.57. The molecule has 1 atom stereocenters. The van der Waals surface area contributed by atoms with Gasteiger partial charge in [-0.1, -0.05) is 29.3 Å². The van der Waals surface area contributed by atoms with Crippen molar-refractivity contribution in [3.8, 4) is 5.75 Å². The van der Waals surface area contributed by atoms with Crippen LogP contribution in [0.3, 0.4) is 0 Å². The minimum Gasteiger partial charge on any atom is -0.483 e. The number of nitrogens with two attached hydrogens (primary N) is 1. The summed E-state index contributed by atoms with van der Waals surface area (Å²) in [5.74, 6) is 0.495. The summed E-state index contributed by atoms with van der Waals surface area (Å²) in [4.78, 5) is 4.05. The van der Waals surface area contributed by atoms with Crippen LogP contribution in [0, 0.1) is 0 Å². The van der Waals surface area contributed by atoms with E-state index in [0.717, 1.165) is 10.0 Å². The highest BCUT2D eigenvalue weighted by molar-refractivity contribution is 9.10. The Labute approximate surface area is 129 Å². The van der Waals surface area contributed by atoms with E-state index in [1.165, 1.54) is 0 Å². The SMILES string of the molecule is NCC(Oc1cc(Cl)c(Br)cc1Cl)c1cccnc1. The second-order valence-electron chi connectivity index (χ2n) is 3.83. The third-order valence-electron chi connectivity index (χ3n) is 2.51. The van der Waals surface area contributed by atoms with Gasteiger partial charge in [-0.3, -0.25) is 4.98 Å². The molecule has 0 spiro atoms. The lowest BCUT2D eigenvalue weighted by atomic mass is 10.1. The molecule has 0 bridgehead atoms. The van der Waals surface area contributed by atoms with Gasteiger partial charge in [0.15, 0.2) is 0 Å². The molecule has 100 valence electrons. The van der Waals surface area contributed by atoms with E-state index < -0.39 is 0 Å². The van der Waals surface area contributed by atoms with E-state index in [1.807, 2.05) is 12.1 Å². The Morgan fingerprint density at radius 3 is 2.74 bits per heavy atom. The van der Waals surface area contributed by atoms with Gasteiger partial charge in [0.25, 0.3) is 0 Å². The second-order valence-corrected chi connectivity index (χ2v) is 5.49. The van der Waals surface area contributed by atoms with Crippen LogP contribution in [0.2, 0.25) is 10.0 Å². The monoisotopic (exact) mass is 360 g/mol. The smallest absolute Gasteiger partial charge is 0.140 e. The van der Waals surface area contributed by atoms with Gasteiger partial charge < -0.3 is 10.5 Å². The number of pyridine rings is 1. The molecule has 3 nitrogen and oxygen atoms in total. The summed E-state index contributed by atoms with van der Waals surface area (Å²) < 4.78 is 6.53. The number of rotatable bonds is 4. The van der Waals surface area contributed by atoms with E-state index in [1.54, 1.807) is 24.5 Å². The van der Waals surface area contributed by atoms with Crippen LogP contribution < -0.4 is 10.5 Å². The molecule has 1 heterocycles. The van der Waals surface area contributed by atoms with Gasteiger partial charge in [0.05, 0.1) is 10.0 Å². The maximum Gasteiger partial charge on any atom is 0.140 e. The number of hydrogen-bond acceptors (Lipinski definition) is 3. The molecule has 6 heteroatoms. The third-order valence-corrected chi connectivity index (χ3v) is 4.01. The molecule has 0 aliphatic rings. The Balaban J connectivity index is 2.26. The van der Waals surface area contributed by atoms with Crippen molar-refractivity contribution < 1.29 is 4.74 Å². The molecule has 2 N–H and O–H groups in total. The first-order valence-electron chi connectivity index (χ1n) is 5.53. The van der Waals surface area contributed by atoms with Crippen molar-refractivity contribution in [2.45, 2.75) is 6.10 Å². The quantitative estimate of drug-likeness (QED) is 0.829. The highest BCUT2D eigenvalue weighted by atomic mass is 79.9. The third kappa shape index (κ3) is 3.60. The zero-order chi connectivity index (χ0) is 13.8. The van der Waals surface area contributed by atoms with E-state index in [2.05, 4.69) is 20.9 Å². The summed E-state index contributed by atoms with van der Waals surface area (Å²) >= 11 is 15.5. The number of halogens is 3. The van der Waals surface area contributed by atoms with Gasteiger partial charge in [0.1, 0.15) is 11.9 Å². The molecule has 0 saturated heterocycles. The molecule has 2 aromatic rings. The van der Waals surface area contributed by atoms with E-state index in [-0.39, 0.29) is 6.10 Å². The van der Waals surface area contributed by atoms with E-state index >= 15 is 0 Å². The van der Waals surface area contributed by atoms with E-state index in [4.69, 9.17) is 33.7 Å². The summed E-state index contributed by atoms with van der Waals surface area (Å²) in [7, 11) is 0. The molecule has 1 aromatic heterocycles. The Bertz CT molecular complexity index is 566. The fraction of sp³-hybridized carbons (Fsp3) is 0.154. The van der Waals surface area contributed by atoms with Crippen molar-refractivity contribution in [1.29, 1.82) is 0 Å². The fourth-order valence-corrected chi connectivity index (χ4v) is 2.40. The standard InChI is InChI=1S/C13H11BrCl2N2O/c14-9-4-11(16)12(5-10(9)15)19-13(6-17)8-2-1-3-18-7-8/h1-5,7,13H,6,17H2. The summed E-state index contributed by atoms with van der Waals surface area (Å²) in [6.07, 6.45) is 3.09. The van der Waals surface area contributed by atoms with Crippen molar-refractivity contribution in [3.05, 3.63) is 56.7 Å². The zero-order valence-corrected chi connectivity index (χ0v) is 12.9. The summed E-state index contributed by atoms with van der Waals surface area (Å²) in [6, 6.07) is 7.08. The summed E-state index contributed by atoms with van der Waals surface area (Å²) in [5.41, 5.74) is 6.62. The summed E-state index contributed by atoms with van der Waals surface area (Å²) in [6.45, 7) is 0.315. The highest BCUT2D eigenvalue weighted by Crippen LogP contribution is 2.36. The first-order valence-corrected chi connectivity index (χ1v) is 7.08. The Kier molecular flexibility index (Phi) is 5.05. The number of nitrogens with zero attached hydrogens (tertiary/aromatic N) is 1. The molecule has 1 aromatic carbocycles. The lowest BCUT2D eigenvalue weighted by molar-refractivity contribution is 0.214. The molecular weight excluding hydrogens is 351 g/mol. The van der Waals surface area contributed by atoms with Crippen molar-refractivity contribution in [3.63, 3.8) is 0 Å². The van der Waals surface area contributed by atoms with E-state index in [9.17, 15) is 0 Å². The van der Waals surface area contributed by atoms with Crippen LogP contribution in [0.1, 0.15) is 11.7 Å². The lowest BCUT2D eigenvalue weighted by Gasteiger charge is -2.18.